The molecule has 1 unspecified atom stereocenters. The highest BCUT2D eigenvalue weighted by atomic mass is 35.5. The smallest absolute Gasteiger partial charge is 0.232 e. The number of pyridine rings is 1. The molecule has 1 heterocycles. The lowest BCUT2D eigenvalue weighted by Crippen LogP contribution is -2.41. The number of guanidine groups is 1. The van der Waals surface area contributed by atoms with Gasteiger partial charge in [-0.3, -0.25) is 4.99 Å². The molecule has 3 N–H and O–H groups in total. The average molecular weight is 363 g/mol. The maximum atomic E-state index is 9.59. The number of hydrogen-bond donors (Lipinski definition) is 3. The van der Waals surface area contributed by atoms with Crippen molar-refractivity contribution in [1.82, 2.24) is 15.6 Å². The number of aliphatic hydroxyl groups is 1. The zero-order valence-electron chi connectivity index (χ0n) is 14.2. The van der Waals surface area contributed by atoms with Crippen molar-refractivity contribution in [2.75, 3.05) is 33.4 Å². The first kappa shape index (κ1) is 19.0. The fraction of sp³-hybridized carbons (Fsp3) is 0.333. The zero-order valence-corrected chi connectivity index (χ0v) is 14.9. The van der Waals surface area contributed by atoms with Crippen molar-refractivity contribution in [1.29, 1.82) is 0 Å². The SMILES string of the molecule is CN=C(NCCOc1ncccc1Cl)NCC(CO)c1ccccc1. The lowest BCUT2D eigenvalue weighted by molar-refractivity contribution is 0.265. The minimum absolute atomic E-state index is 0.00308. The van der Waals surface area contributed by atoms with Gasteiger partial charge in [-0.25, -0.2) is 4.98 Å². The molecular weight excluding hydrogens is 340 g/mol. The number of nitrogens with zero attached hydrogens (tertiary/aromatic N) is 2. The molecule has 0 radical (unpaired) electrons. The molecule has 1 aromatic carbocycles. The van der Waals surface area contributed by atoms with Crippen LogP contribution in [-0.4, -0.2) is 49.4 Å². The first-order valence-electron chi connectivity index (χ1n) is 8.08. The highest BCUT2D eigenvalue weighted by Crippen LogP contribution is 2.19. The molecule has 1 aromatic heterocycles. The van der Waals surface area contributed by atoms with E-state index in [4.69, 9.17) is 16.3 Å². The van der Waals surface area contributed by atoms with Crippen molar-refractivity contribution in [3.63, 3.8) is 0 Å². The quantitative estimate of drug-likeness (QED) is 0.380. The molecule has 0 aliphatic heterocycles. The van der Waals surface area contributed by atoms with Crippen LogP contribution in [0.4, 0.5) is 0 Å². The Bertz CT molecular complexity index is 667. The van der Waals surface area contributed by atoms with Crippen LogP contribution in [0.1, 0.15) is 11.5 Å². The number of aliphatic imine (C=N–C) groups is 1. The third-order valence-electron chi connectivity index (χ3n) is 3.59. The molecule has 0 amide bonds. The minimum Gasteiger partial charge on any atom is -0.475 e. The van der Waals surface area contributed by atoms with E-state index in [0.717, 1.165) is 5.56 Å². The van der Waals surface area contributed by atoms with E-state index < -0.39 is 0 Å². The van der Waals surface area contributed by atoms with Gasteiger partial charge in [0, 0.05) is 25.7 Å². The van der Waals surface area contributed by atoms with Gasteiger partial charge in [0.1, 0.15) is 11.6 Å². The van der Waals surface area contributed by atoms with E-state index in [1.165, 1.54) is 0 Å². The highest BCUT2D eigenvalue weighted by Gasteiger charge is 2.10. The summed E-state index contributed by atoms with van der Waals surface area (Å²) in [7, 11) is 1.70. The molecule has 134 valence electrons. The third-order valence-corrected chi connectivity index (χ3v) is 3.88. The third kappa shape index (κ3) is 6.25. The fourth-order valence-electron chi connectivity index (χ4n) is 2.25. The predicted molar refractivity (Wildman–Crippen MR) is 100 cm³/mol. The summed E-state index contributed by atoms with van der Waals surface area (Å²) in [6, 6.07) is 13.4. The summed E-state index contributed by atoms with van der Waals surface area (Å²) in [6.07, 6.45) is 1.63. The molecule has 0 aliphatic carbocycles. The molecule has 2 rings (SSSR count). The molecule has 0 bridgehead atoms. The van der Waals surface area contributed by atoms with Crippen molar-refractivity contribution in [2.45, 2.75) is 5.92 Å². The van der Waals surface area contributed by atoms with Crippen LogP contribution in [0.25, 0.3) is 0 Å². The van der Waals surface area contributed by atoms with Crippen LogP contribution in [0.2, 0.25) is 5.02 Å². The Morgan fingerprint density at radius 2 is 2.04 bits per heavy atom. The second-order valence-electron chi connectivity index (χ2n) is 5.31. The molecule has 0 spiro atoms. The summed E-state index contributed by atoms with van der Waals surface area (Å²) in [5.74, 6) is 1.06. The number of halogens is 1. The van der Waals surface area contributed by atoms with E-state index in [-0.39, 0.29) is 12.5 Å². The summed E-state index contributed by atoms with van der Waals surface area (Å²) < 4.78 is 5.52. The number of aromatic nitrogens is 1. The second-order valence-corrected chi connectivity index (χ2v) is 5.72. The topological polar surface area (TPSA) is 78.8 Å². The Kier molecular flexibility index (Phi) is 8.01. The number of aliphatic hydroxyl groups excluding tert-OH is 1. The lowest BCUT2D eigenvalue weighted by Gasteiger charge is -2.18. The van der Waals surface area contributed by atoms with E-state index in [0.29, 0.717) is 36.6 Å². The van der Waals surface area contributed by atoms with Crippen molar-refractivity contribution in [3.05, 3.63) is 59.2 Å². The van der Waals surface area contributed by atoms with Crippen molar-refractivity contribution in [2.24, 2.45) is 4.99 Å². The van der Waals surface area contributed by atoms with Gasteiger partial charge < -0.3 is 20.5 Å². The predicted octanol–water partition coefficient (Wildman–Crippen LogP) is 2.05. The van der Waals surface area contributed by atoms with E-state index in [9.17, 15) is 5.11 Å². The lowest BCUT2D eigenvalue weighted by atomic mass is 10.0. The monoisotopic (exact) mass is 362 g/mol. The Labute approximate surface area is 152 Å². The molecule has 6 nitrogen and oxygen atoms in total. The largest absolute Gasteiger partial charge is 0.475 e. The Morgan fingerprint density at radius 3 is 2.72 bits per heavy atom. The van der Waals surface area contributed by atoms with Crippen molar-refractivity contribution < 1.29 is 9.84 Å². The standard InChI is InChI=1S/C18H23ClN4O2/c1-20-18(22-10-11-25-17-16(19)8-5-9-21-17)23-12-15(13-24)14-6-3-2-4-7-14/h2-9,15,24H,10-13H2,1H3,(H2,20,22,23). The van der Waals surface area contributed by atoms with Gasteiger partial charge in [0.25, 0.3) is 0 Å². The Hall–Kier alpha value is -2.31. The molecule has 1 atom stereocenters. The van der Waals surface area contributed by atoms with Crippen LogP contribution >= 0.6 is 11.6 Å². The van der Waals surface area contributed by atoms with Gasteiger partial charge in [0.05, 0.1) is 13.2 Å². The summed E-state index contributed by atoms with van der Waals surface area (Å²) in [6.45, 7) is 1.59. The van der Waals surface area contributed by atoms with Gasteiger partial charge in [0.15, 0.2) is 5.96 Å². The molecule has 0 saturated carbocycles. The molecule has 2 aromatic rings. The second kappa shape index (κ2) is 10.5. The number of nitrogens with one attached hydrogen (secondary N) is 2. The molecule has 7 heteroatoms. The summed E-state index contributed by atoms with van der Waals surface area (Å²) in [5, 5.41) is 16.4. The van der Waals surface area contributed by atoms with E-state index in [1.807, 2.05) is 30.3 Å². The number of ether oxygens (including phenoxy) is 1. The number of benzene rings is 1. The van der Waals surface area contributed by atoms with Gasteiger partial charge in [0.2, 0.25) is 5.88 Å². The summed E-state index contributed by atoms with van der Waals surface area (Å²) in [5.41, 5.74) is 1.08. The first-order valence-corrected chi connectivity index (χ1v) is 8.46. The molecular formula is C18H23ClN4O2. The summed E-state index contributed by atoms with van der Waals surface area (Å²) >= 11 is 5.98. The van der Waals surface area contributed by atoms with E-state index in [1.54, 1.807) is 25.4 Å². The maximum absolute atomic E-state index is 9.59. The van der Waals surface area contributed by atoms with Crippen molar-refractivity contribution >= 4 is 17.6 Å². The van der Waals surface area contributed by atoms with E-state index in [2.05, 4.69) is 20.6 Å². The Balaban J connectivity index is 1.74. The van der Waals surface area contributed by atoms with Crippen LogP contribution in [-0.2, 0) is 0 Å². The molecule has 0 saturated heterocycles. The Morgan fingerprint density at radius 1 is 1.24 bits per heavy atom. The van der Waals surface area contributed by atoms with Crippen LogP contribution in [0, 0.1) is 0 Å². The normalized spacial score (nSPS) is 12.5. The number of hydrogen-bond acceptors (Lipinski definition) is 4. The fourth-order valence-corrected chi connectivity index (χ4v) is 2.42. The van der Waals surface area contributed by atoms with Crippen LogP contribution in [0.15, 0.2) is 53.7 Å². The van der Waals surface area contributed by atoms with Crippen LogP contribution in [0.3, 0.4) is 0 Å². The van der Waals surface area contributed by atoms with E-state index >= 15 is 0 Å². The van der Waals surface area contributed by atoms with Crippen LogP contribution < -0.4 is 15.4 Å². The van der Waals surface area contributed by atoms with Crippen LogP contribution in [0.5, 0.6) is 5.88 Å². The minimum atomic E-state index is 0.00308. The maximum Gasteiger partial charge on any atom is 0.232 e. The summed E-state index contributed by atoms with van der Waals surface area (Å²) in [4.78, 5) is 8.23. The first-order chi connectivity index (χ1) is 12.2. The highest BCUT2D eigenvalue weighted by molar-refractivity contribution is 6.31. The van der Waals surface area contributed by atoms with Gasteiger partial charge in [-0.2, -0.15) is 0 Å². The average Bonchev–Trinajstić information content (AvgIpc) is 2.66. The molecule has 0 fully saturated rings. The van der Waals surface area contributed by atoms with Crippen molar-refractivity contribution in [3.8, 4) is 5.88 Å². The molecule has 25 heavy (non-hydrogen) atoms. The van der Waals surface area contributed by atoms with Gasteiger partial charge >= 0.3 is 0 Å². The van der Waals surface area contributed by atoms with Gasteiger partial charge in [-0.05, 0) is 17.7 Å². The zero-order chi connectivity index (χ0) is 17.9. The molecule has 0 aliphatic rings. The van der Waals surface area contributed by atoms with Gasteiger partial charge in [-0.15, -0.1) is 0 Å². The number of rotatable bonds is 8. The van der Waals surface area contributed by atoms with Gasteiger partial charge in [-0.1, -0.05) is 41.9 Å².